The van der Waals surface area contributed by atoms with Crippen LogP contribution in [0, 0.1) is 6.92 Å². The quantitative estimate of drug-likeness (QED) is 0.839. The number of aryl methyl sites for hydroxylation is 1. The Morgan fingerprint density at radius 1 is 1.21 bits per heavy atom. The molecule has 3 nitrogen and oxygen atoms in total. The van der Waals surface area contributed by atoms with Crippen molar-refractivity contribution < 1.29 is 4.79 Å². The van der Waals surface area contributed by atoms with Gasteiger partial charge >= 0.3 is 0 Å². The minimum Gasteiger partial charge on any atom is -0.350 e. The lowest BCUT2D eigenvalue weighted by Crippen LogP contribution is -2.43. The van der Waals surface area contributed by atoms with Gasteiger partial charge in [0, 0.05) is 41.5 Å². The highest BCUT2D eigenvalue weighted by atomic mass is 32.1. The van der Waals surface area contributed by atoms with Gasteiger partial charge in [-0.1, -0.05) is 30.3 Å². The molecule has 1 aliphatic rings. The third kappa shape index (κ3) is 5.05. The van der Waals surface area contributed by atoms with Crippen molar-refractivity contribution in [3.05, 3.63) is 63.9 Å². The highest BCUT2D eigenvalue weighted by Crippen LogP contribution is 2.17. The van der Waals surface area contributed by atoms with Crippen molar-refractivity contribution in [1.29, 1.82) is 0 Å². The molecule has 0 unspecified atom stereocenters. The molecule has 4 heteroatoms. The number of hydrogen-bond acceptors (Lipinski definition) is 3. The van der Waals surface area contributed by atoms with Gasteiger partial charge in [0.05, 0.1) is 0 Å². The molecule has 1 aromatic heterocycles. The van der Waals surface area contributed by atoms with E-state index in [1.807, 2.05) is 12.1 Å². The molecule has 0 saturated carbocycles. The summed E-state index contributed by atoms with van der Waals surface area (Å²) in [6, 6.07) is 15.0. The van der Waals surface area contributed by atoms with Crippen molar-refractivity contribution in [1.82, 2.24) is 10.2 Å². The zero-order valence-corrected chi connectivity index (χ0v) is 14.9. The van der Waals surface area contributed by atoms with E-state index in [-0.39, 0.29) is 5.91 Å². The summed E-state index contributed by atoms with van der Waals surface area (Å²) in [5.74, 6) is 0.0163. The Hall–Kier alpha value is -1.91. The van der Waals surface area contributed by atoms with Gasteiger partial charge in [-0.05, 0) is 43.5 Å². The molecule has 24 heavy (non-hydrogen) atoms. The predicted octanol–water partition coefficient (Wildman–Crippen LogP) is 3.85. The number of nitrogens with zero attached hydrogens (tertiary/aromatic N) is 1. The Kier molecular flexibility index (Phi) is 5.83. The highest BCUT2D eigenvalue weighted by Gasteiger charge is 2.19. The summed E-state index contributed by atoms with van der Waals surface area (Å²) >= 11 is 1.70. The van der Waals surface area contributed by atoms with Crippen LogP contribution >= 0.6 is 11.3 Å². The lowest BCUT2D eigenvalue weighted by Gasteiger charge is -2.32. The molecule has 126 valence electrons. The summed E-state index contributed by atoms with van der Waals surface area (Å²) in [4.78, 5) is 16.9. The van der Waals surface area contributed by atoms with E-state index in [9.17, 15) is 4.79 Å². The number of rotatable bonds is 5. The standard InChI is InChI=1S/C20H24N2OS/c1-16-7-8-19(24-16)9-10-20(23)21-18-11-13-22(14-12-18)15-17-5-3-2-4-6-17/h2-10,18H,11-15H2,1H3,(H,21,23)/b10-9+. The van der Waals surface area contributed by atoms with Gasteiger partial charge < -0.3 is 5.32 Å². The molecule has 1 aliphatic heterocycles. The molecule has 1 fully saturated rings. The summed E-state index contributed by atoms with van der Waals surface area (Å²) in [6.07, 6.45) is 5.59. The van der Waals surface area contributed by atoms with Crippen LogP contribution in [-0.4, -0.2) is 29.9 Å². The van der Waals surface area contributed by atoms with Crippen LogP contribution in [0.2, 0.25) is 0 Å². The minimum atomic E-state index is 0.0163. The fraction of sp³-hybridized carbons (Fsp3) is 0.350. The average molecular weight is 340 g/mol. The number of thiophene rings is 1. The number of piperidine rings is 1. The van der Waals surface area contributed by atoms with E-state index in [2.05, 4.69) is 53.5 Å². The van der Waals surface area contributed by atoms with Crippen molar-refractivity contribution in [2.75, 3.05) is 13.1 Å². The Morgan fingerprint density at radius 3 is 2.62 bits per heavy atom. The van der Waals surface area contributed by atoms with Crippen molar-refractivity contribution in [3.8, 4) is 0 Å². The number of hydrogen-bond donors (Lipinski definition) is 1. The number of carbonyl (C=O) groups is 1. The molecule has 1 N–H and O–H groups in total. The van der Waals surface area contributed by atoms with Gasteiger partial charge in [-0.15, -0.1) is 11.3 Å². The van der Waals surface area contributed by atoms with Crippen LogP contribution in [0.25, 0.3) is 6.08 Å². The summed E-state index contributed by atoms with van der Waals surface area (Å²) in [7, 11) is 0. The highest BCUT2D eigenvalue weighted by molar-refractivity contribution is 7.12. The van der Waals surface area contributed by atoms with Crippen LogP contribution in [0.5, 0.6) is 0 Å². The molecule has 0 spiro atoms. The summed E-state index contributed by atoms with van der Waals surface area (Å²) in [5.41, 5.74) is 1.36. The zero-order chi connectivity index (χ0) is 16.8. The molecule has 1 saturated heterocycles. The van der Waals surface area contributed by atoms with Gasteiger partial charge in [-0.2, -0.15) is 0 Å². The van der Waals surface area contributed by atoms with Crippen molar-refractivity contribution in [2.45, 2.75) is 32.4 Å². The van der Waals surface area contributed by atoms with Gasteiger partial charge in [0.25, 0.3) is 0 Å². The molecular formula is C20H24N2OS. The van der Waals surface area contributed by atoms with E-state index in [1.165, 1.54) is 10.4 Å². The van der Waals surface area contributed by atoms with Crippen LogP contribution in [0.4, 0.5) is 0 Å². The Morgan fingerprint density at radius 2 is 1.96 bits per heavy atom. The molecule has 2 aromatic rings. The summed E-state index contributed by atoms with van der Waals surface area (Å²) < 4.78 is 0. The molecule has 2 heterocycles. The molecule has 1 aromatic carbocycles. The van der Waals surface area contributed by atoms with Crippen molar-refractivity contribution in [3.63, 3.8) is 0 Å². The van der Waals surface area contributed by atoms with Crippen LogP contribution in [0.15, 0.2) is 48.5 Å². The molecule has 0 radical (unpaired) electrons. The second-order valence-electron chi connectivity index (χ2n) is 6.33. The van der Waals surface area contributed by atoms with Crippen LogP contribution in [0.3, 0.4) is 0 Å². The number of amides is 1. The third-order valence-corrected chi connectivity index (χ3v) is 5.31. The molecule has 0 aliphatic carbocycles. The topological polar surface area (TPSA) is 32.3 Å². The van der Waals surface area contributed by atoms with E-state index >= 15 is 0 Å². The van der Waals surface area contributed by atoms with E-state index < -0.39 is 0 Å². The Balaban J connectivity index is 1.42. The first-order valence-corrected chi connectivity index (χ1v) is 9.32. The summed E-state index contributed by atoms with van der Waals surface area (Å²) in [6.45, 7) is 5.14. The number of nitrogens with one attached hydrogen (secondary N) is 1. The molecule has 1 amide bonds. The van der Waals surface area contributed by atoms with Gasteiger partial charge in [0.1, 0.15) is 0 Å². The average Bonchev–Trinajstić information content (AvgIpc) is 3.01. The maximum Gasteiger partial charge on any atom is 0.244 e. The molecule has 0 bridgehead atoms. The second-order valence-corrected chi connectivity index (χ2v) is 7.65. The second kappa shape index (κ2) is 8.27. The predicted molar refractivity (Wildman–Crippen MR) is 101 cm³/mol. The SMILES string of the molecule is Cc1ccc(/C=C/C(=O)NC2CCN(Cc3ccccc3)CC2)s1. The molecule has 3 rings (SSSR count). The lowest BCUT2D eigenvalue weighted by molar-refractivity contribution is -0.117. The number of carbonyl (C=O) groups excluding carboxylic acids is 1. The monoisotopic (exact) mass is 340 g/mol. The first-order chi connectivity index (χ1) is 11.7. The van der Waals surface area contributed by atoms with Gasteiger partial charge in [-0.25, -0.2) is 0 Å². The van der Waals surface area contributed by atoms with E-state index in [4.69, 9.17) is 0 Å². The van der Waals surface area contributed by atoms with E-state index in [0.29, 0.717) is 6.04 Å². The first kappa shape index (κ1) is 16.9. The number of benzene rings is 1. The Labute approximate surface area is 148 Å². The lowest BCUT2D eigenvalue weighted by atomic mass is 10.0. The molecule has 0 atom stereocenters. The van der Waals surface area contributed by atoms with Crippen LogP contribution < -0.4 is 5.32 Å². The number of likely N-dealkylation sites (tertiary alicyclic amines) is 1. The first-order valence-electron chi connectivity index (χ1n) is 8.50. The van der Waals surface area contributed by atoms with Gasteiger partial charge in [0.15, 0.2) is 0 Å². The summed E-state index contributed by atoms with van der Waals surface area (Å²) in [5, 5.41) is 3.13. The molecular weight excluding hydrogens is 316 g/mol. The normalized spacial score (nSPS) is 16.5. The van der Waals surface area contributed by atoms with Crippen LogP contribution in [-0.2, 0) is 11.3 Å². The minimum absolute atomic E-state index is 0.0163. The fourth-order valence-electron chi connectivity index (χ4n) is 3.03. The third-order valence-electron chi connectivity index (χ3n) is 4.34. The van der Waals surface area contributed by atoms with Crippen LogP contribution in [0.1, 0.15) is 28.2 Å². The maximum atomic E-state index is 12.1. The zero-order valence-electron chi connectivity index (χ0n) is 14.1. The van der Waals surface area contributed by atoms with Gasteiger partial charge in [0.2, 0.25) is 5.91 Å². The maximum absolute atomic E-state index is 12.1. The van der Waals surface area contributed by atoms with Crippen molar-refractivity contribution >= 4 is 23.3 Å². The van der Waals surface area contributed by atoms with Gasteiger partial charge in [-0.3, -0.25) is 9.69 Å². The van der Waals surface area contributed by atoms with Crippen molar-refractivity contribution in [2.24, 2.45) is 0 Å². The fourth-order valence-corrected chi connectivity index (χ4v) is 3.81. The van der Waals surface area contributed by atoms with E-state index in [0.717, 1.165) is 37.4 Å². The van der Waals surface area contributed by atoms with E-state index in [1.54, 1.807) is 17.4 Å². The largest absolute Gasteiger partial charge is 0.350 e. The smallest absolute Gasteiger partial charge is 0.244 e. The Bertz CT molecular complexity index is 685.